The van der Waals surface area contributed by atoms with Gasteiger partial charge in [0, 0.05) is 21.1 Å². The van der Waals surface area contributed by atoms with E-state index in [-0.39, 0.29) is 16.4 Å². The third-order valence-electron chi connectivity index (χ3n) is 3.04. The molecule has 8 nitrogen and oxygen atoms in total. The fraction of sp³-hybridized carbons (Fsp3) is 0.429. The fourth-order valence-corrected chi connectivity index (χ4v) is 2.69. The number of hydrogen-bond donors (Lipinski definition) is 0. The molecule has 128 valence electrons. The van der Waals surface area contributed by atoms with Crippen LogP contribution in [0.4, 0.5) is 0 Å². The predicted molar refractivity (Wildman–Crippen MR) is 82.0 cm³/mol. The van der Waals surface area contributed by atoms with Crippen LogP contribution in [0.25, 0.3) is 0 Å². The lowest BCUT2D eigenvalue weighted by Gasteiger charge is -2.18. The second-order valence-electron chi connectivity index (χ2n) is 4.91. The molecule has 0 radical (unpaired) electrons. The normalized spacial score (nSPS) is 12.8. The molecule has 1 rings (SSSR count). The van der Waals surface area contributed by atoms with Crippen LogP contribution < -0.4 is 0 Å². The number of carbonyl (C=O) groups is 2. The van der Waals surface area contributed by atoms with Gasteiger partial charge >= 0.3 is 5.97 Å². The van der Waals surface area contributed by atoms with Crippen molar-refractivity contribution in [3.63, 3.8) is 0 Å². The topological polar surface area (TPSA) is 93.2 Å². The first-order chi connectivity index (χ1) is 10.6. The van der Waals surface area contributed by atoms with E-state index >= 15 is 0 Å². The van der Waals surface area contributed by atoms with Crippen LogP contribution >= 0.6 is 0 Å². The molecule has 0 aromatic heterocycles. The number of carbonyl (C=O) groups excluding carboxylic acids is 2. The number of ether oxygens (including phenoxy) is 1. The van der Waals surface area contributed by atoms with Gasteiger partial charge in [0.15, 0.2) is 6.10 Å². The minimum atomic E-state index is -3.88. The van der Waals surface area contributed by atoms with Crippen molar-refractivity contribution in [3.8, 4) is 0 Å². The molecule has 0 saturated carbocycles. The molecule has 1 aromatic carbocycles. The molecule has 0 fully saturated rings. The number of benzene rings is 1. The van der Waals surface area contributed by atoms with Crippen molar-refractivity contribution in [3.05, 3.63) is 29.8 Å². The minimum absolute atomic E-state index is 0.0222. The van der Waals surface area contributed by atoms with E-state index in [0.29, 0.717) is 4.47 Å². The van der Waals surface area contributed by atoms with Gasteiger partial charge in [-0.2, -0.15) is 0 Å². The molecule has 1 aromatic rings. The Morgan fingerprint density at radius 3 is 2.30 bits per heavy atom. The maximum absolute atomic E-state index is 12.1. The van der Waals surface area contributed by atoms with Crippen molar-refractivity contribution in [1.82, 2.24) is 9.37 Å². The van der Waals surface area contributed by atoms with Crippen LogP contribution in [0, 0.1) is 0 Å². The highest BCUT2D eigenvalue weighted by Gasteiger charge is 2.24. The lowest BCUT2D eigenvalue weighted by molar-refractivity contribution is -0.137. The first-order valence-electron chi connectivity index (χ1n) is 6.66. The van der Waals surface area contributed by atoms with Crippen LogP contribution in [0.5, 0.6) is 0 Å². The van der Waals surface area contributed by atoms with Crippen LogP contribution in [-0.4, -0.2) is 64.0 Å². The zero-order chi connectivity index (χ0) is 17.8. The Kier molecular flexibility index (Phi) is 6.25. The van der Waals surface area contributed by atoms with Gasteiger partial charge in [0.05, 0.1) is 17.6 Å². The van der Waals surface area contributed by atoms with E-state index in [4.69, 9.17) is 4.74 Å². The number of rotatable bonds is 6. The van der Waals surface area contributed by atoms with Gasteiger partial charge in [-0.05, 0) is 25.1 Å². The lowest BCUT2D eigenvalue weighted by atomic mass is 10.2. The van der Waals surface area contributed by atoms with E-state index in [9.17, 15) is 18.0 Å². The van der Waals surface area contributed by atoms with Crippen LogP contribution in [-0.2, 0) is 24.4 Å². The van der Waals surface area contributed by atoms with Crippen molar-refractivity contribution in [2.45, 2.75) is 17.9 Å². The van der Waals surface area contributed by atoms with Crippen LogP contribution in [0.1, 0.15) is 17.3 Å². The number of esters is 1. The number of likely N-dealkylation sites (N-methyl/N-ethyl adjacent to an activating group) is 1. The largest absolute Gasteiger partial charge is 0.449 e. The molecule has 1 atom stereocenters. The first-order valence-corrected chi connectivity index (χ1v) is 8.10. The lowest BCUT2D eigenvalue weighted by Crippen LogP contribution is -2.35. The summed E-state index contributed by atoms with van der Waals surface area (Å²) in [6.07, 6.45) is -0.973. The molecular formula is C14H20N2O6S. The average molecular weight is 344 g/mol. The molecule has 0 aliphatic carbocycles. The van der Waals surface area contributed by atoms with Crippen molar-refractivity contribution in [1.29, 1.82) is 0 Å². The predicted octanol–water partition coefficient (Wildman–Crippen LogP) is 0.502. The quantitative estimate of drug-likeness (QED) is 0.551. The van der Waals surface area contributed by atoms with E-state index in [1.165, 1.54) is 50.2 Å². The Morgan fingerprint density at radius 2 is 1.78 bits per heavy atom. The molecule has 0 aliphatic rings. The maximum atomic E-state index is 12.1. The number of sulfonamides is 1. The summed E-state index contributed by atoms with van der Waals surface area (Å²) in [6, 6.07) is 5.31. The van der Waals surface area contributed by atoms with Gasteiger partial charge in [-0.15, -0.1) is 0 Å². The van der Waals surface area contributed by atoms with Gasteiger partial charge in [0.25, 0.3) is 15.9 Å². The van der Waals surface area contributed by atoms with Gasteiger partial charge in [-0.1, -0.05) is 10.5 Å². The van der Waals surface area contributed by atoms with Crippen molar-refractivity contribution >= 4 is 21.9 Å². The zero-order valence-electron chi connectivity index (χ0n) is 13.6. The highest BCUT2D eigenvalue weighted by Crippen LogP contribution is 2.17. The second kappa shape index (κ2) is 7.53. The van der Waals surface area contributed by atoms with E-state index in [0.717, 1.165) is 0 Å². The molecular weight excluding hydrogens is 324 g/mol. The number of hydrogen-bond acceptors (Lipinski definition) is 6. The first kappa shape index (κ1) is 19.1. The Bertz CT molecular complexity index is 686. The monoisotopic (exact) mass is 344 g/mol. The molecule has 0 saturated heterocycles. The number of nitrogens with zero attached hydrogens (tertiary/aromatic N) is 2. The standard InChI is InChI=1S/C14H20N2O6S/c1-10(13(17)15(2)3)22-14(18)11-7-6-8-12(9-11)23(19,20)16(4)21-5/h6-10H,1-5H3/t10-/m1/s1. The third kappa shape index (κ3) is 4.50. The molecule has 9 heteroatoms. The SMILES string of the molecule is CON(C)S(=O)(=O)c1cccc(C(=O)O[C@H](C)C(=O)N(C)C)c1. The van der Waals surface area contributed by atoms with Crippen molar-refractivity contribution < 1.29 is 27.6 Å². The van der Waals surface area contributed by atoms with Gasteiger partial charge < -0.3 is 9.64 Å². The molecule has 23 heavy (non-hydrogen) atoms. The molecule has 0 spiro atoms. The van der Waals surface area contributed by atoms with Gasteiger partial charge in [0.1, 0.15) is 0 Å². The van der Waals surface area contributed by atoms with Crippen LogP contribution in [0.15, 0.2) is 29.2 Å². The van der Waals surface area contributed by atoms with E-state index in [2.05, 4.69) is 4.84 Å². The van der Waals surface area contributed by atoms with Crippen LogP contribution in [0.3, 0.4) is 0 Å². The van der Waals surface area contributed by atoms with Gasteiger partial charge in [-0.3, -0.25) is 9.63 Å². The summed E-state index contributed by atoms with van der Waals surface area (Å²) in [5, 5.41) is 0. The van der Waals surface area contributed by atoms with E-state index in [1.807, 2.05) is 0 Å². The van der Waals surface area contributed by atoms with Gasteiger partial charge in [0.2, 0.25) is 0 Å². The van der Waals surface area contributed by atoms with Crippen molar-refractivity contribution in [2.24, 2.45) is 0 Å². The summed E-state index contributed by atoms with van der Waals surface area (Å²) < 4.78 is 30.0. The number of hydroxylamine groups is 1. The van der Waals surface area contributed by atoms with Crippen LogP contribution in [0.2, 0.25) is 0 Å². The Balaban J connectivity index is 3.01. The average Bonchev–Trinajstić information content (AvgIpc) is 2.52. The summed E-state index contributed by atoms with van der Waals surface area (Å²) in [5.41, 5.74) is 0.0222. The highest BCUT2D eigenvalue weighted by molar-refractivity contribution is 7.89. The summed E-state index contributed by atoms with van der Waals surface area (Å²) in [6.45, 7) is 1.44. The summed E-state index contributed by atoms with van der Waals surface area (Å²) in [5.74, 6) is -1.16. The molecule has 0 N–H and O–H groups in total. The zero-order valence-corrected chi connectivity index (χ0v) is 14.5. The molecule has 1 amide bonds. The smallest absolute Gasteiger partial charge is 0.338 e. The Labute approximate surface area is 135 Å². The third-order valence-corrected chi connectivity index (χ3v) is 4.71. The number of amides is 1. The second-order valence-corrected chi connectivity index (χ2v) is 6.84. The molecule has 0 unspecified atom stereocenters. The summed E-state index contributed by atoms with van der Waals surface area (Å²) in [4.78, 5) is 29.6. The van der Waals surface area contributed by atoms with Crippen molar-refractivity contribution in [2.75, 3.05) is 28.3 Å². The molecule has 0 heterocycles. The maximum Gasteiger partial charge on any atom is 0.338 e. The van der Waals surface area contributed by atoms with E-state index in [1.54, 1.807) is 14.1 Å². The summed E-state index contributed by atoms with van der Waals surface area (Å²) in [7, 11) is 1.66. The summed E-state index contributed by atoms with van der Waals surface area (Å²) >= 11 is 0. The Morgan fingerprint density at radius 1 is 1.17 bits per heavy atom. The minimum Gasteiger partial charge on any atom is -0.449 e. The van der Waals surface area contributed by atoms with E-state index < -0.39 is 22.1 Å². The molecule has 0 aliphatic heterocycles. The molecule has 0 bridgehead atoms. The Hall–Kier alpha value is -1.97. The highest BCUT2D eigenvalue weighted by atomic mass is 32.2. The fourth-order valence-electron chi connectivity index (χ4n) is 1.67. The van der Waals surface area contributed by atoms with Gasteiger partial charge in [-0.25, -0.2) is 13.2 Å².